The Balaban J connectivity index is 1.92. The van der Waals surface area contributed by atoms with Crippen molar-refractivity contribution in [2.45, 2.75) is 12.3 Å². The lowest BCUT2D eigenvalue weighted by Crippen LogP contribution is -2.24. The Morgan fingerprint density at radius 2 is 1.67 bits per heavy atom. The number of rotatable bonds is 2. The predicted molar refractivity (Wildman–Crippen MR) is 96.5 cm³/mol. The van der Waals surface area contributed by atoms with Gasteiger partial charge in [0.2, 0.25) is 5.95 Å². The van der Waals surface area contributed by atoms with Crippen LogP contribution in [0.3, 0.4) is 0 Å². The molecule has 0 amide bonds. The monoisotopic (exact) mass is 315 g/mol. The summed E-state index contributed by atoms with van der Waals surface area (Å²) in [6.07, 6.45) is 2.74. The van der Waals surface area contributed by atoms with Crippen LogP contribution in [0.15, 0.2) is 65.5 Å². The zero-order valence-electron chi connectivity index (χ0n) is 13.1. The summed E-state index contributed by atoms with van der Waals surface area (Å²) < 4.78 is 0. The van der Waals surface area contributed by atoms with Gasteiger partial charge in [-0.1, -0.05) is 60.7 Å². The molecule has 2 aromatic carbocycles. The number of nitrogens with two attached hydrogens (primary N) is 1. The van der Waals surface area contributed by atoms with Crippen LogP contribution in [0.4, 0.5) is 5.95 Å². The quantitative estimate of drug-likeness (QED) is 0.761. The van der Waals surface area contributed by atoms with Crippen LogP contribution < -0.4 is 11.3 Å². The summed E-state index contributed by atoms with van der Waals surface area (Å²) >= 11 is 0. The number of allylic oxidation sites excluding steroid dienone is 1. The molecule has 118 valence electrons. The van der Waals surface area contributed by atoms with Gasteiger partial charge in [0.25, 0.3) is 5.56 Å². The van der Waals surface area contributed by atoms with Crippen molar-refractivity contribution >= 4 is 17.6 Å². The van der Waals surface area contributed by atoms with Crippen molar-refractivity contribution in [1.29, 1.82) is 0 Å². The maximum Gasteiger partial charge on any atom is 0.256 e. The van der Waals surface area contributed by atoms with E-state index in [1.165, 1.54) is 0 Å². The van der Waals surface area contributed by atoms with Crippen LogP contribution in [-0.2, 0) is 0 Å². The number of benzene rings is 2. The summed E-state index contributed by atoms with van der Waals surface area (Å²) in [5, 5.41) is 0. The molecule has 0 aliphatic heterocycles. The normalized spacial score (nSPS) is 16.3. The van der Waals surface area contributed by atoms with Gasteiger partial charge in [-0.25, -0.2) is 4.98 Å². The Bertz CT molecular complexity index is 959. The number of hydrogen-bond acceptors (Lipinski definition) is 3. The molecule has 0 spiro atoms. The average molecular weight is 315 g/mol. The first-order chi connectivity index (χ1) is 11.7. The molecule has 4 rings (SSSR count). The minimum absolute atomic E-state index is 0.0294. The third-order valence-corrected chi connectivity index (χ3v) is 4.43. The summed E-state index contributed by atoms with van der Waals surface area (Å²) in [5.74, 6) is 0.120. The Morgan fingerprint density at radius 1 is 1.00 bits per heavy atom. The van der Waals surface area contributed by atoms with E-state index in [9.17, 15) is 4.79 Å². The van der Waals surface area contributed by atoms with Gasteiger partial charge >= 0.3 is 0 Å². The molecule has 0 bridgehead atoms. The highest BCUT2D eigenvalue weighted by Crippen LogP contribution is 2.39. The highest BCUT2D eigenvalue weighted by atomic mass is 16.1. The zero-order valence-corrected chi connectivity index (χ0v) is 13.1. The van der Waals surface area contributed by atoms with Crippen molar-refractivity contribution in [2.24, 2.45) is 0 Å². The highest BCUT2D eigenvalue weighted by Gasteiger charge is 2.27. The molecule has 0 radical (unpaired) electrons. The van der Waals surface area contributed by atoms with Gasteiger partial charge in [0, 0.05) is 5.92 Å². The fraction of sp³-hybridized carbons (Fsp3) is 0.100. The van der Waals surface area contributed by atoms with E-state index in [0.29, 0.717) is 11.3 Å². The number of fused-ring (bicyclic) bond motifs is 1. The van der Waals surface area contributed by atoms with E-state index in [2.05, 4.69) is 34.2 Å². The minimum atomic E-state index is -0.158. The molecule has 3 N–H and O–H groups in total. The molecule has 4 nitrogen and oxygen atoms in total. The first-order valence-corrected chi connectivity index (χ1v) is 7.93. The van der Waals surface area contributed by atoms with Gasteiger partial charge in [0.05, 0.1) is 11.3 Å². The second kappa shape index (κ2) is 5.81. The van der Waals surface area contributed by atoms with Gasteiger partial charge in [-0.15, -0.1) is 0 Å². The first kappa shape index (κ1) is 14.5. The van der Waals surface area contributed by atoms with E-state index in [0.717, 1.165) is 23.1 Å². The van der Waals surface area contributed by atoms with Gasteiger partial charge < -0.3 is 5.73 Å². The Labute approximate surface area is 139 Å². The Morgan fingerprint density at radius 3 is 2.38 bits per heavy atom. The summed E-state index contributed by atoms with van der Waals surface area (Å²) in [4.78, 5) is 19.5. The van der Waals surface area contributed by atoms with Gasteiger partial charge in [-0.3, -0.25) is 9.78 Å². The van der Waals surface area contributed by atoms with E-state index in [-0.39, 0.29) is 17.4 Å². The molecule has 1 heterocycles. The fourth-order valence-corrected chi connectivity index (χ4v) is 3.33. The molecule has 1 aromatic heterocycles. The molecule has 0 fully saturated rings. The van der Waals surface area contributed by atoms with Gasteiger partial charge in [-0.2, -0.15) is 0 Å². The van der Waals surface area contributed by atoms with E-state index in [4.69, 9.17) is 5.73 Å². The average Bonchev–Trinajstić information content (AvgIpc) is 2.62. The topological polar surface area (TPSA) is 71.8 Å². The van der Waals surface area contributed by atoms with Crippen LogP contribution >= 0.6 is 0 Å². The molecule has 24 heavy (non-hydrogen) atoms. The smallest absolute Gasteiger partial charge is 0.256 e. The molecule has 1 atom stereocenters. The van der Waals surface area contributed by atoms with E-state index in [1.54, 1.807) is 0 Å². The van der Waals surface area contributed by atoms with E-state index in [1.807, 2.05) is 42.5 Å². The number of nitrogen functional groups attached to an aromatic ring is 1. The molecular formula is C20H17N3O. The second-order valence-corrected chi connectivity index (χ2v) is 5.95. The van der Waals surface area contributed by atoms with Crippen LogP contribution in [-0.4, -0.2) is 9.97 Å². The van der Waals surface area contributed by atoms with Crippen molar-refractivity contribution in [3.8, 4) is 0 Å². The molecule has 4 heteroatoms. The third kappa shape index (κ3) is 2.52. The molecule has 0 saturated carbocycles. The lowest BCUT2D eigenvalue weighted by atomic mass is 9.79. The van der Waals surface area contributed by atoms with Crippen molar-refractivity contribution < 1.29 is 0 Å². The van der Waals surface area contributed by atoms with Crippen molar-refractivity contribution in [1.82, 2.24) is 9.97 Å². The first-order valence-electron chi connectivity index (χ1n) is 7.93. The molecule has 3 aromatic rings. The van der Waals surface area contributed by atoms with Gasteiger partial charge in [0.1, 0.15) is 0 Å². The van der Waals surface area contributed by atoms with E-state index < -0.39 is 0 Å². The van der Waals surface area contributed by atoms with Crippen LogP contribution in [0.2, 0.25) is 0 Å². The number of anilines is 1. The number of hydrogen-bond donors (Lipinski definition) is 2. The van der Waals surface area contributed by atoms with Crippen LogP contribution in [0.25, 0.3) is 11.6 Å². The molecule has 1 unspecified atom stereocenters. The van der Waals surface area contributed by atoms with Gasteiger partial charge in [-0.05, 0) is 29.2 Å². The largest absolute Gasteiger partial charge is 0.369 e. The summed E-state index contributed by atoms with van der Waals surface area (Å²) in [7, 11) is 0. The minimum Gasteiger partial charge on any atom is -0.369 e. The summed E-state index contributed by atoms with van der Waals surface area (Å²) in [6.45, 7) is 0. The number of nitrogens with one attached hydrogen (secondary N) is 1. The zero-order chi connectivity index (χ0) is 16.5. The highest BCUT2D eigenvalue weighted by molar-refractivity contribution is 5.84. The van der Waals surface area contributed by atoms with Crippen molar-refractivity contribution in [3.63, 3.8) is 0 Å². The van der Waals surface area contributed by atoms with Gasteiger partial charge in [0.15, 0.2) is 0 Å². The molecule has 1 aliphatic rings. The molecule has 0 saturated heterocycles. The molecular weight excluding hydrogens is 298 g/mol. The second-order valence-electron chi connectivity index (χ2n) is 5.95. The SMILES string of the molecule is Nc1nc2c(c(=O)[nH]1)C(c1ccccc1)CC(c1ccccc1)=C2. The Hall–Kier alpha value is -3.14. The third-order valence-electron chi connectivity index (χ3n) is 4.43. The van der Waals surface area contributed by atoms with Crippen LogP contribution in [0.1, 0.15) is 34.7 Å². The predicted octanol–water partition coefficient (Wildman–Crippen LogP) is 3.43. The number of H-pyrrole nitrogens is 1. The lowest BCUT2D eigenvalue weighted by Gasteiger charge is -2.25. The number of nitrogens with zero attached hydrogens (tertiary/aromatic N) is 1. The van der Waals surface area contributed by atoms with Crippen LogP contribution in [0.5, 0.6) is 0 Å². The maximum absolute atomic E-state index is 12.5. The lowest BCUT2D eigenvalue weighted by molar-refractivity contribution is 0.800. The number of aromatic amines is 1. The fourth-order valence-electron chi connectivity index (χ4n) is 3.33. The number of aromatic nitrogens is 2. The summed E-state index contributed by atoms with van der Waals surface area (Å²) in [6, 6.07) is 20.3. The maximum atomic E-state index is 12.5. The van der Waals surface area contributed by atoms with Crippen LogP contribution in [0, 0.1) is 0 Å². The van der Waals surface area contributed by atoms with E-state index >= 15 is 0 Å². The summed E-state index contributed by atoms with van der Waals surface area (Å²) in [5.41, 5.74) is 10.4. The molecule has 1 aliphatic carbocycles. The van der Waals surface area contributed by atoms with Crippen molar-refractivity contribution in [3.05, 3.63) is 93.4 Å². The Kier molecular flexibility index (Phi) is 3.50. The van der Waals surface area contributed by atoms with Crippen molar-refractivity contribution in [2.75, 3.05) is 5.73 Å². The standard InChI is InChI=1S/C20H17N3O/c21-20-22-17-12-15(13-7-3-1-4-8-13)11-16(18(17)19(24)23-20)14-9-5-2-6-10-14/h1-10,12,16H,11H2,(H3,21,22,23,24).